The second-order valence-electron chi connectivity index (χ2n) is 5.66. The van der Waals surface area contributed by atoms with Crippen molar-refractivity contribution in [2.75, 3.05) is 0 Å². The fourth-order valence-electron chi connectivity index (χ4n) is 3.99. The first kappa shape index (κ1) is 12.5. The summed E-state index contributed by atoms with van der Waals surface area (Å²) in [4.78, 5) is -1.19. The molecule has 0 spiro atoms. The Labute approximate surface area is 128 Å². The smallest absolute Gasteiger partial charge is 0.158 e. The molecule has 2 aromatic carbocycles. The highest BCUT2D eigenvalue weighted by Gasteiger charge is 2.59. The molecule has 2 bridgehead atoms. The Hall–Kier alpha value is -2.29. The van der Waals surface area contributed by atoms with Gasteiger partial charge in [0.1, 0.15) is 0 Å². The molecule has 3 aliphatic rings. The molecular weight excluding hydrogens is 280 g/mol. The quantitative estimate of drug-likeness (QED) is 0.690. The van der Waals surface area contributed by atoms with Crippen LogP contribution in [0.5, 0.6) is 0 Å². The van der Waals surface area contributed by atoms with Gasteiger partial charge in [-0.05, 0) is 22.3 Å². The Bertz CT molecular complexity index is 782. The molecule has 0 amide bonds. The third kappa shape index (κ3) is 1.36. The van der Waals surface area contributed by atoms with Crippen LogP contribution in [-0.4, -0.2) is 4.87 Å². The van der Waals surface area contributed by atoms with Crippen molar-refractivity contribution in [1.82, 2.24) is 0 Å². The SMILES string of the molecule is N#C[C@H]1C2c3ccccc3C(c3ccccc32)[C@@]1(Cl)C#N. The Kier molecular flexibility index (Phi) is 2.43. The molecule has 0 radical (unpaired) electrons. The number of halogens is 1. The van der Waals surface area contributed by atoms with E-state index in [4.69, 9.17) is 11.6 Å². The molecule has 0 aromatic heterocycles. The Morgan fingerprint density at radius 2 is 1.33 bits per heavy atom. The van der Waals surface area contributed by atoms with E-state index in [-0.39, 0.29) is 11.8 Å². The molecule has 100 valence electrons. The first-order valence-corrected chi connectivity index (χ1v) is 7.27. The van der Waals surface area contributed by atoms with Gasteiger partial charge in [0.15, 0.2) is 4.87 Å². The van der Waals surface area contributed by atoms with Gasteiger partial charge in [-0.1, -0.05) is 48.5 Å². The van der Waals surface area contributed by atoms with Crippen LogP contribution in [0.25, 0.3) is 0 Å². The van der Waals surface area contributed by atoms with E-state index in [1.807, 2.05) is 36.4 Å². The number of rotatable bonds is 0. The molecule has 3 aliphatic carbocycles. The summed E-state index contributed by atoms with van der Waals surface area (Å²) < 4.78 is 0. The first-order chi connectivity index (χ1) is 10.2. The van der Waals surface area contributed by atoms with Crippen molar-refractivity contribution < 1.29 is 0 Å². The van der Waals surface area contributed by atoms with Crippen LogP contribution in [0.4, 0.5) is 0 Å². The molecule has 0 saturated heterocycles. The third-order valence-corrected chi connectivity index (χ3v) is 5.34. The van der Waals surface area contributed by atoms with Crippen LogP contribution in [0, 0.1) is 28.6 Å². The summed E-state index contributed by atoms with van der Waals surface area (Å²) in [5.41, 5.74) is 4.45. The van der Waals surface area contributed by atoms with Gasteiger partial charge in [0, 0.05) is 11.8 Å². The predicted octanol–water partition coefficient (Wildman–Crippen LogP) is 3.92. The zero-order valence-corrected chi connectivity index (χ0v) is 11.9. The summed E-state index contributed by atoms with van der Waals surface area (Å²) in [7, 11) is 0. The number of benzene rings is 2. The molecule has 0 fully saturated rings. The van der Waals surface area contributed by atoms with E-state index >= 15 is 0 Å². The van der Waals surface area contributed by atoms with Crippen molar-refractivity contribution in [3.63, 3.8) is 0 Å². The van der Waals surface area contributed by atoms with E-state index in [0.717, 1.165) is 22.3 Å². The molecule has 0 N–H and O–H groups in total. The minimum absolute atomic E-state index is 0.121. The lowest BCUT2D eigenvalue weighted by molar-refractivity contribution is 0.377. The summed E-state index contributed by atoms with van der Waals surface area (Å²) in [6.45, 7) is 0. The molecule has 0 heterocycles. The standard InChI is InChI=1S/C18H11ClN2/c19-18(10-21)15(9-20)16-11-5-1-3-7-13(11)17(18)14-8-4-2-6-12(14)16/h1-8,15-17H/t15-,16?,17?,18+/m0/s1. The van der Waals surface area contributed by atoms with Gasteiger partial charge in [0.05, 0.1) is 18.1 Å². The number of alkyl halides is 1. The maximum absolute atomic E-state index is 9.69. The Morgan fingerprint density at radius 3 is 1.76 bits per heavy atom. The molecule has 5 rings (SSSR count). The van der Waals surface area contributed by atoms with E-state index in [1.165, 1.54) is 0 Å². The zero-order valence-electron chi connectivity index (χ0n) is 11.1. The molecule has 0 unspecified atom stereocenters. The van der Waals surface area contributed by atoms with Crippen molar-refractivity contribution in [2.24, 2.45) is 5.92 Å². The van der Waals surface area contributed by atoms with E-state index in [9.17, 15) is 10.5 Å². The van der Waals surface area contributed by atoms with Crippen molar-refractivity contribution >= 4 is 11.6 Å². The van der Waals surface area contributed by atoms with Crippen LogP contribution in [0.2, 0.25) is 0 Å². The summed E-state index contributed by atoms with van der Waals surface area (Å²) in [6.07, 6.45) is 0. The van der Waals surface area contributed by atoms with E-state index < -0.39 is 10.8 Å². The Morgan fingerprint density at radius 1 is 0.857 bits per heavy atom. The molecule has 2 aromatic rings. The minimum atomic E-state index is -1.19. The maximum Gasteiger partial charge on any atom is 0.158 e. The summed E-state index contributed by atoms with van der Waals surface area (Å²) in [5.74, 6) is -0.894. The van der Waals surface area contributed by atoms with Gasteiger partial charge in [-0.3, -0.25) is 0 Å². The lowest BCUT2D eigenvalue weighted by atomic mass is 9.54. The second kappa shape index (κ2) is 4.10. The van der Waals surface area contributed by atoms with E-state index in [2.05, 4.69) is 24.3 Å². The minimum Gasteiger partial charge on any atom is -0.198 e. The van der Waals surface area contributed by atoms with Crippen molar-refractivity contribution in [3.05, 3.63) is 70.8 Å². The van der Waals surface area contributed by atoms with E-state index in [0.29, 0.717) is 0 Å². The number of hydrogen-bond donors (Lipinski definition) is 0. The number of hydrogen-bond acceptors (Lipinski definition) is 2. The highest BCUT2D eigenvalue weighted by molar-refractivity contribution is 6.27. The largest absolute Gasteiger partial charge is 0.198 e. The molecule has 3 heteroatoms. The van der Waals surface area contributed by atoms with Crippen LogP contribution in [0.3, 0.4) is 0 Å². The lowest BCUT2D eigenvalue weighted by Gasteiger charge is -2.49. The number of nitrogens with zero attached hydrogens (tertiary/aromatic N) is 2. The van der Waals surface area contributed by atoms with Gasteiger partial charge in [-0.2, -0.15) is 10.5 Å². The monoisotopic (exact) mass is 290 g/mol. The van der Waals surface area contributed by atoms with Crippen molar-refractivity contribution in [3.8, 4) is 12.1 Å². The summed E-state index contributed by atoms with van der Waals surface area (Å²) in [6, 6.07) is 20.6. The van der Waals surface area contributed by atoms with Crippen LogP contribution >= 0.6 is 11.6 Å². The Balaban J connectivity index is 2.13. The second-order valence-corrected chi connectivity index (χ2v) is 6.28. The highest BCUT2D eigenvalue weighted by Crippen LogP contribution is 2.61. The van der Waals surface area contributed by atoms with Gasteiger partial charge in [0.2, 0.25) is 0 Å². The van der Waals surface area contributed by atoms with Crippen molar-refractivity contribution in [2.45, 2.75) is 16.7 Å². The van der Waals surface area contributed by atoms with Gasteiger partial charge in [0.25, 0.3) is 0 Å². The van der Waals surface area contributed by atoms with Crippen LogP contribution in [0.15, 0.2) is 48.5 Å². The average molecular weight is 291 g/mol. The molecule has 2 nitrogen and oxygen atoms in total. The van der Waals surface area contributed by atoms with Gasteiger partial charge >= 0.3 is 0 Å². The average Bonchev–Trinajstić information content (AvgIpc) is 2.54. The molecule has 21 heavy (non-hydrogen) atoms. The normalized spacial score (nSPS) is 31.7. The molecule has 0 aliphatic heterocycles. The zero-order chi connectivity index (χ0) is 14.6. The lowest BCUT2D eigenvalue weighted by Crippen LogP contribution is -2.49. The molecule has 2 atom stereocenters. The third-order valence-electron chi connectivity index (χ3n) is 4.80. The first-order valence-electron chi connectivity index (χ1n) is 6.89. The topological polar surface area (TPSA) is 47.6 Å². The van der Waals surface area contributed by atoms with Gasteiger partial charge in [-0.15, -0.1) is 11.6 Å². The van der Waals surface area contributed by atoms with Crippen LogP contribution < -0.4 is 0 Å². The van der Waals surface area contributed by atoms with Gasteiger partial charge < -0.3 is 0 Å². The van der Waals surface area contributed by atoms with Crippen molar-refractivity contribution in [1.29, 1.82) is 10.5 Å². The number of fused-ring (bicyclic) bond motifs is 1. The molecule has 0 saturated carbocycles. The maximum atomic E-state index is 9.69. The highest BCUT2D eigenvalue weighted by atomic mass is 35.5. The molecular formula is C18H11ClN2. The van der Waals surface area contributed by atoms with Gasteiger partial charge in [-0.25, -0.2) is 0 Å². The fourth-order valence-corrected chi connectivity index (χ4v) is 4.40. The summed E-state index contributed by atoms with van der Waals surface area (Å²) >= 11 is 6.69. The van der Waals surface area contributed by atoms with Crippen LogP contribution in [0.1, 0.15) is 34.1 Å². The fraction of sp³-hybridized carbons (Fsp3) is 0.222. The van der Waals surface area contributed by atoms with Crippen LogP contribution in [-0.2, 0) is 0 Å². The predicted molar refractivity (Wildman–Crippen MR) is 79.9 cm³/mol. The van der Waals surface area contributed by atoms with E-state index in [1.54, 1.807) is 0 Å². The number of nitriles is 2. The summed E-state index contributed by atoms with van der Waals surface area (Å²) in [5, 5.41) is 19.3.